The Morgan fingerprint density at radius 3 is 2.76 bits per heavy atom. The van der Waals surface area contributed by atoms with Crippen LogP contribution >= 0.6 is 0 Å². The van der Waals surface area contributed by atoms with Gasteiger partial charge in [0.15, 0.2) is 0 Å². The highest BCUT2D eigenvalue weighted by Crippen LogP contribution is 2.28. The molecule has 116 valence electrons. The fourth-order valence-corrected chi connectivity index (χ4v) is 3.06. The van der Waals surface area contributed by atoms with Gasteiger partial charge in [0.05, 0.1) is 12.1 Å². The summed E-state index contributed by atoms with van der Waals surface area (Å²) >= 11 is 0. The van der Waals surface area contributed by atoms with Crippen LogP contribution in [-0.4, -0.2) is 41.3 Å². The number of nitrogens with zero attached hydrogens (tertiary/aromatic N) is 1. The minimum absolute atomic E-state index is 0.0241. The molecule has 1 aliphatic heterocycles. The van der Waals surface area contributed by atoms with Crippen LogP contribution in [0.2, 0.25) is 0 Å². The molecule has 2 atom stereocenters. The van der Waals surface area contributed by atoms with Crippen molar-refractivity contribution in [3.05, 3.63) is 35.9 Å². The fourth-order valence-electron chi connectivity index (χ4n) is 3.06. The van der Waals surface area contributed by atoms with Gasteiger partial charge in [0, 0.05) is 19.0 Å². The van der Waals surface area contributed by atoms with Crippen molar-refractivity contribution in [2.24, 2.45) is 0 Å². The molecule has 1 heterocycles. The van der Waals surface area contributed by atoms with Crippen LogP contribution in [0.15, 0.2) is 30.3 Å². The Morgan fingerprint density at radius 1 is 1.43 bits per heavy atom. The van der Waals surface area contributed by atoms with Crippen molar-refractivity contribution in [2.75, 3.05) is 19.7 Å². The molecule has 2 amide bonds. The van der Waals surface area contributed by atoms with Gasteiger partial charge in [0.25, 0.3) is 0 Å². The van der Waals surface area contributed by atoms with Crippen molar-refractivity contribution < 1.29 is 9.90 Å². The lowest BCUT2D eigenvalue weighted by atomic mass is 9.96. The minimum Gasteiger partial charge on any atom is -0.394 e. The van der Waals surface area contributed by atoms with Gasteiger partial charge in [-0.05, 0) is 31.7 Å². The molecule has 0 aliphatic carbocycles. The summed E-state index contributed by atoms with van der Waals surface area (Å²) in [6, 6.07) is 10.2. The monoisotopic (exact) mass is 290 g/mol. The SMILES string of the molecule is CC[C@H](CNC(=O)N1CCC[C@]1(C)CO)c1ccccc1. The molecule has 1 aromatic rings. The van der Waals surface area contributed by atoms with Crippen LogP contribution in [0, 0.1) is 0 Å². The van der Waals surface area contributed by atoms with Gasteiger partial charge in [0.2, 0.25) is 0 Å². The number of aliphatic hydroxyl groups excluding tert-OH is 1. The Bertz CT molecular complexity index is 463. The van der Waals surface area contributed by atoms with Crippen LogP contribution in [0.25, 0.3) is 0 Å². The topological polar surface area (TPSA) is 52.6 Å². The molecular weight excluding hydrogens is 264 g/mol. The van der Waals surface area contributed by atoms with Crippen molar-refractivity contribution >= 4 is 6.03 Å². The molecule has 0 saturated carbocycles. The van der Waals surface area contributed by atoms with E-state index in [1.807, 2.05) is 25.1 Å². The molecule has 1 aliphatic rings. The lowest BCUT2D eigenvalue weighted by molar-refractivity contribution is 0.0972. The maximum atomic E-state index is 12.4. The molecule has 0 bridgehead atoms. The van der Waals surface area contributed by atoms with Crippen molar-refractivity contribution in [2.45, 2.75) is 44.6 Å². The largest absolute Gasteiger partial charge is 0.394 e. The molecule has 2 N–H and O–H groups in total. The summed E-state index contributed by atoms with van der Waals surface area (Å²) in [6.45, 7) is 5.48. The average Bonchev–Trinajstić information content (AvgIpc) is 2.91. The Kier molecular flexibility index (Phi) is 5.23. The molecule has 0 aromatic heterocycles. The number of amides is 2. The van der Waals surface area contributed by atoms with Gasteiger partial charge in [-0.15, -0.1) is 0 Å². The molecule has 0 radical (unpaired) electrons. The zero-order chi connectivity index (χ0) is 15.3. The van der Waals surface area contributed by atoms with E-state index < -0.39 is 5.54 Å². The highest BCUT2D eigenvalue weighted by Gasteiger charge is 2.39. The second kappa shape index (κ2) is 6.94. The summed E-state index contributed by atoms with van der Waals surface area (Å²) in [4.78, 5) is 14.2. The predicted molar refractivity (Wildman–Crippen MR) is 84.3 cm³/mol. The maximum Gasteiger partial charge on any atom is 0.317 e. The van der Waals surface area contributed by atoms with E-state index in [0.29, 0.717) is 12.5 Å². The number of hydrogen-bond donors (Lipinski definition) is 2. The Balaban J connectivity index is 1.94. The van der Waals surface area contributed by atoms with E-state index in [9.17, 15) is 9.90 Å². The van der Waals surface area contributed by atoms with E-state index in [0.717, 1.165) is 25.8 Å². The van der Waals surface area contributed by atoms with Gasteiger partial charge < -0.3 is 15.3 Å². The van der Waals surface area contributed by atoms with Gasteiger partial charge in [-0.2, -0.15) is 0 Å². The molecule has 1 aromatic carbocycles. The minimum atomic E-state index is -0.404. The van der Waals surface area contributed by atoms with Gasteiger partial charge >= 0.3 is 6.03 Å². The number of urea groups is 1. The lowest BCUT2D eigenvalue weighted by Gasteiger charge is -2.34. The van der Waals surface area contributed by atoms with E-state index in [4.69, 9.17) is 0 Å². The lowest BCUT2D eigenvalue weighted by Crippen LogP contribution is -2.52. The summed E-state index contributed by atoms with van der Waals surface area (Å²) in [5.41, 5.74) is 0.852. The second-order valence-electron chi connectivity index (χ2n) is 6.11. The molecule has 0 spiro atoms. The van der Waals surface area contributed by atoms with Crippen LogP contribution in [0.1, 0.15) is 44.6 Å². The maximum absolute atomic E-state index is 12.4. The van der Waals surface area contributed by atoms with E-state index in [-0.39, 0.29) is 12.6 Å². The van der Waals surface area contributed by atoms with Gasteiger partial charge in [-0.3, -0.25) is 0 Å². The predicted octanol–water partition coefficient (Wildman–Crippen LogP) is 2.74. The Labute approximate surface area is 127 Å². The molecule has 2 rings (SSSR count). The molecule has 1 fully saturated rings. The van der Waals surface area contributed by atoms with Crippen LogP contribution in [0.4, 0.5) is 4.79 Å². The Morgan fingerprint density at radius 2 is 2.14 bits per heavy atom. The van der Waals surface area contributed by atoms with E-state index in [1.165, 1.54) is 5.56 Å². The molecule has 0 unspecified atom stereocenters. The van der Waals surface area contributed by atoms with Gasteiger partial charge in [-0.1, -0.05) is 37.3 Å². The zero-order valence-electron chi connectivity index (χ0n) is 13.0. The average molecular weight is 290 g/mol. The van der Waals surface area contributed by atoms with E-state index in [2.05, 4.69) is 24.4 Å². The van der Waals surface area contributed by atoms with Crippen LogP contribution in [0.3, 0.4) is 0 Å². The molecular formula is C17H26N2O2. The summed E-state index contributed by atoms with van der Waals surface area (Å²) in [6.07, 6.45) is 2.81. The first-order valence-electron chi connectivity index (χ1n) is 7.82. The normalized spacial score (nSPS) is 23.1. The third-order valence-electron chi connectivity index (χ3n) is 4.60. The number of carbonyl (C=O) groups is 1. The van der Waals surface area contributed by atoms with Crippen LogP contribution in [0.5, 0.6) is 0 Å². The molecule has 21 heavy (non-hydrogen) atoms. The van der Waals surface area contributed by atoms with Crippen molar-refractivity contribution in [1.82, 2.24) is 10.2 Å². The van der Waals surface area contributed by atoms with E-state index in [1.54, 1.807) is 4.90 Å². The first-order valence-corrected chi connectivity index (χ1v) is 7.82. The van der Waals surface area contributed by atoms with Gasteiger partial charge in [-0.25, -0.2) is 4.79 Å². The summed E-state index contributed by atoms with van der Waals surface area (Å²) in [5, 5.41) is 12.6. The number of likely N-dealkylation sites (tertiary alicyclic amines) is 1. The third kappa shape index (κ3) is 3.56. The summed E-state index contributed by atoms with van der Waals surface area (Å²) in [5.74, 6) is 0.332. The van der Waals surface area contributed by atoms with Crippen molar-refractivity contribution in [3.8, 4) is 0 Å². The highest BCUT2D eigenvalue weighted by atomic mass is 16.3. The van der Waals surface area contributed by atoms with E-state index >= 15 is 0 Å². The van der Waals surface area contributed by atoms with Crippen molar-refractivity contribution in [3.63, 3.8) is 0 Å². The number of nitrogens with one attached hydrogen (secondary N) is 1. The number of benzene rings is 1. The smallest absolute Gasteiger partial charge is 0.317 e. The second-order valence-corrected chi connectivity index (χ2v) is 6.11. The first kappa shape index (κ1) is 15.8. The number of rotatable bonds is 5. The summed E-state index contributed by atoms with van der Waals surface area (Å²) < 4.78 is 0. The molecule has 4 nitrogen and oxygen atoms in total. The van der Waals surface area contributed by atoms with Crippen LogP contribution in [-0.2, 0) is 0 Å². The quantitative estimate of drug-likeness (QED) is 0.876. The standard InChI is InChI=1S/C17H26N2O2/c1-3-14(15-8-5-4-6-9-15)12-18-16(21)19-11-7-10-17(19,2)13-20/h4-6,8-9,14,20H,3,7,10-13H2,1-2H3,(H,18,21)/t14-,17-/m1/s1. The fraction of sp³-hybridized carbons (Fsp3) is 0.588. The van der Waals surface area contributed by atoms with Gasteiger partial charge in [0.1, 0.15) is 0 Å². The third-order valence-corrected chi connectivity index (χ3v) is 4.60. The van der Waals surface area contributed by atoms with Crippen molar-refractivity contribution in [1.29, 1.82) is 0 Å². The molecule has 4 heteroatoms. The van der Waals surface area contributed by atoms with Crippen LogP contribution < -0.4 is 5.32 Å². The number of hydrogen-bond acceptors (Lipinski definition) is 2. The zero-order valence-corrected chi connectivity index (χ0v) is 13.0. The highest BCUT2D eigenvalue weighted by molar-refractivity contribution is 5.75. The first-order chi connectivity index (χ1) is 10.1. The molecule has 1 saturated heterocycles. The number of carbonyl (C=O) groups excluding carboxylic acids is 1. The summed E-state index contributed by atoms with van der Waals surface area (Å²) in [7, 11) is 0. The number of aliphatic hydroxyl groups is 1. The Hall–Kier alpha value is -1.55.